The highest BCUT2D eigenvalue weighted by atomic mass is 16.5. The molecule has 0 saturated carbocycles. The zero-order valence-electron chi connectivity index (χ0n) is 7.25. The summed E-state index contributed by atoms with van der Waals surface area (Å²) in [6.45, 7) is 9.12. The zero-order valence-corrected chi connectivity index (χ0v) is 7.25. The SMILES string of the molecule is C=COCCC(C)C(=C)C(=O)O. The lowest BCUT2D eigenvalue weighted by Gasteiger charge is -2.09. The van der Waals surface area contributed by atoms with E-state index in [0.29, 0.717) is 13.0 Å². The van der Waals surface area contributed by atoms with Crippen LogP contribution in [-0.2, 0) is 9.53 Å². The summed E-state index contributed by atoms with van der Waals surface area (Å²) >= 11 is 0. The van der Waals surface area contributed by atoms with Crippen LogP contribution in [0.2, 0.25) is 0 Å². The molecule has 12 heavy (non-hydrogen) atoms. The fourth-order valence-corrected chi connectivity index (χ4v) is 0.713. The normalized spacial score (nSPS) is 11.8. The third kappa shape index (κ3) is 3.81. The molecule has 0 radical (unpaired) electrons. The minimum absolute atomic E-state index is 0.0533. The molecule has 0 aliphatic rings. The van der Waals surface area contributed by atoms with Gasteiger partial charge in [0.25, 0.3) is 0 Å². The monoisotopic (exact) mass is 170 g/mol. The number of carboxylic acids is 1. The quantitative estimate of drug-likeness (QED) is 0.375. The van der Waals surface area contributed by atoms with Gasteiger partial charge in [-0.3, -0.25) is 0 Å². The van der Waals surface area contributed by atoms with E-state index in [9.17, 15) is 4.79 Å². The Hall–Kier alpha value is -1.25. The van der Waals surface area contributed by atoms with Gasteiger partial charge in [-0.25, -0.2) is 4.79 Å². The molecule has 0 aromatic carbocycles. The van der Waals surface area contributed by atoms with E-state index in [1.54, 1.807) is 0 Å². The molecular formula is C9H14O3. The highest BCUT2D eigenvalue weighted by molar-refractivity contribution is 5.86. The summed E-state index contributed by atoms with van der Waals surface area (Å²) in [5, 5.41) is 8.55. The second-order valence-electron chi connectivity index (χ2n) is 2.56. The molecule has 3 nitrogen and oxygen atoms in total. The molecule has 1 N–H and O–H groups in total. The van der Waals surface area contributed by atoms with Crippen LogP contribution >= 0.6 is 0 Å². The van der Waals surface area contributed by atoms with Crippen molar-refractivity contribution in [2.24, 2.45) is 5.92 Å². The Morgan fingerprint density at radius 1 is 1.75 bits per heavy atom. The number of rotatable bonds is 6. The summed E-state index contributed by atoms with van der Waals surface area (Å²) in [7, 11) is 0. The zero-order chi connectivity index (χ0) is 9.56. The number of hydrogen-bond donors (Lipinski definition) is 1. The van der Waals surface area contributed by atoms with Crippen LogP contribution in [0.1, 0.15) is 13.3 Å². The number of hydrogen-bond acceptors (Lipinski definition) is 2. The Kier molecular flexibility index (Phi) is 4.84. The highest BCUT2D eigenvalue weighted by Gasteiger charge is 2.12. The second kappa shape index (κ2) is 5.41. The average Bonchev–Trinajstić information content (AvgIpc) is 2.03. The smallest absolute Gasteiger partial charge is 0.331 e. The van der Waals surface area contributed by atoms with Crippen LogP contribution in [0.5, 0.6) is 0 Å². The predicted molar refractivity (Wildman–Crippen MR) is 46.7 cm³/mol. The van der Waals surface area contributed by atoms with E-state index < -0.39 is 5.97 Å². The maximum atomic E-state index is 10.4. The Labute approximate surface area is 72.3 Å². The van der Waals surface area contributed by atoms with Gasteiger partial charge in [0, 0.05) is 5.57 Å². The van der Waals surface area contributed by atoms with E-state index in [4.69, 9.17) is 9.84 Å². The lowest BCUT2D eigenvalue weighted by molar-refractivity contribution is -0.133. The lowest BCUT2D eigenvalue weighted by atomic mass is 10.00. The van der Waals surface area contributed by atoms with Crippen molar-refractivity contribution in [2.45, 2.75) is 13.3 Å². The van der Waals surface area contributed by atoms with E-state index in [2.05, 4.69) is 13.2 Å². The largest absolute Gasteiger partial charge is 0.502 e. The van der Waals surface area contributed by atoms with Gasteiger partial charge >= 0.3 is 5.97 Å². The van der Waals surface area contributed by atoms with Crippen molar-refractivity contribution < 1.29 is 14.6 Å². The van der Waals surface area contributed by atoms with Crippen molar-refractivity contribution in [3.63, 3.8) is 0 Å². The third-order valence-electron chi connectivity index (χ3n) is 1.66. The molecule has 0 aromatic heterocycles. The molecule has 0 aromatic rings. The summed E-state index contributed by atoms with van der Waals surface area (Å²) in [6, 6.07) is 0. The summed E-state index contributed by atoms with van der Waals surface area (Å²) in [4.78, 5) is 10.4. The molecule has 0 heterocycles. The van der Waals surface area contributed by atoms with Crippen molar-refractivity contribution in [1.29, 1.82) is 0 Å². The fourth-order valence-electron chi connectivity index (χ4n) is 0.713. The predicted octanol–water partition coefficient (Wildman–Crippen LogP) is 1.81. The molecule has 1 atom stereocenters. The Morgan fingerprint density at radius 2 is 2.33 bits per heavy atom. The molecule has 0 rings (SSSR count). The Morgan fingerprint density at radius 3 is 2.75 bits per heavy atom. The summed E-state index contributed by atoms with van der Waals surface area (Å²) < 4.78 is 4.86. The average molecular weight is 170 g/mol. The molecule has 0 bridgehead atoms. The lowest BCUT2D eigenvalue weighted by Crippen LogP contribution is -2.10. The van der Waals surface area contributed by atoms with Crippen molar-refractivity contribution >= 4 is 5.97 Å². The van der Waals surface area contributed by atoms with Gasteiger partial charge in [0.2, 0.25) is 0 Å². The van der Waals surface area contributed by atoms with E-state index in [-0.39, 0.29) is 11.5 Å². The molecule has 0 aliphatic heterocycles. The van der Waals surface area contributed by atoms with Crippen LogP contribution in [0.15, 0.2) is 25.0 Å². The highest BCUT2D eigenvalue weighted by Crippen LogP contribution is 2.12. The van der Waals surface area contributed by atoms with Crippen LogP contribution < -0.4 is 0 Å². The van der Waals surface area contributed by atoms with E-state index >= 15 is 0 Å². The molecule has 1 unspecified atom stereocenters. The van der Waals surface area contributed by atoms with Crippen LogP contribution in [0.4, 0.5) is 0 Å². The van der Waals surface area contributed by atoms with Crippen molar-refractivity contribution in [3.8, 4) is 0 Å². The standard InChI is InChI=1S/C9H14O3/c1-4-12-6-5-7(2)8(3)9(10)11/h4,7H,1,3,5-6H2,2H3,(H,10,11). The minimum atomic E-state index is -0.943. The first-order valence-electron chi connectivity index (χ1n) is 3.74. The van der Waals surface area contributed by atoms with Gasteiger partial charge in [-0.05, 0) is 12.3 Å². The molecule has 68 valence electrons. The van der Waals surface area contributed by atoms with Crippen molar-refractivity contribution in [1.82, 2.24) is 0 Å². The van der Waals surface area contributed by atoms with Gasteiger partial charge in [-0.1, -0.05) is 20.1 Å². The first-order valence-corrected chi connectivity index (χ1v) is 3.74. The van der Waals surface area contributed by atoms with Gasteiger partial charge in [0.05, 0.1) is 12.9 Å². The van der Waals surface area contributed by atoms with E-state index in [1.807, 2.05) is 6.92 Å². The number of aliphatic carboxylic acids is 1. The van der Waals surface area contributed by atoms with Crippen LogP contribution in [-0.4, -0.2) is 17.7 Å². The molecular weight excluding hydrogens is 156 g/mol. The van der Waals surface area contributed by atoms with Crippen LogP contribution in [0, 0.1) is 5.92 Å². The molecule has 0 fully saturated rings. The maximum Gasteiger partial charge on any atom is 0.331 e. The molecule has 0 amide bonds. The molecule has 3 heteroatoms. The third-order valence-corrected chi connectivity index (χ3v) is 1.66. The first-order chi connectivity index (χ1) is 5.59. The fraction of sp³-hybridized carbons (Fsp3) is 0.444. The molecule has 0 aliphatic carbocycles. The molecule has 0 saturated heterocycles. The first kappa shape index (κ1) is 10.8. The molecule has 0 spiro atoms. The minimum Gasteiger partial charge on any atom is -0.502 e. The van der Waals surface area contributed by atoms with Gasteiger partial charge in [-0.2, -0.15) is 0 Å². The van der Waals surface area contributed by atoms with Gasteiger partial charge in [-0.15, -0.1) is 0 Å². The van der Waals surface area contributed by atoms with E-state index in [1.165, 1.54) is 6.26 Å². The Balaban J connectivity index is 3.71. The topological polar surface area (TPSA) is 46.5 Å². The van der Waals surface area contributed by atoms with Gasteiger partial charge in [0.15, 0.2) is 0 Å². The van der Waals surface area contributed by atoms with Crippen molar-refractivity contribution in [2.75, 3.05) is 6.61 Å². The number of carbonyl (C=O) groups is 1. The summed E-state index contributed by atoms with van der Waals surface area (Å²) in [6.07, 6.45) is 1.99. The van der Waals surface area contributed by atoms with Gasteiger partial charge in [0.1, 0.15) is 0 Å². The number of carboxylic acid groups (broad SMARTS) is 1. The summed E-state index contributed by atoms with van der Waals surface area (Å²) in [5.41, 5.74) is 0.225. The number of ether oxygens (including phenoxy) is 1. The van der Waals surface area contributed by atoms with Crippen LogP contribution in [0.25, 0.3) is 0 Å². The van der Waals surface area contributed by atoms with Crippen molar-refractivity contribution in [3.05, 3.63) is 25.0 Å². The van der Waals surface area contributed by atoms with E-state index in [0.717, 1.165) is 0 Å². The van der Waals surface area contributed by atoms with Crippen LogP contribution in [0.3, 0.4) is 0 Å². The second-order valence-corrected chi connectivity index (χ2v) is 2.56. The Bertz CT molecular complexity index is 184. The van der Waals surface area contributed by atoms with Gasteiger partial charge < -0.3 is 9.84 Å². The summed E-state index contributed by atoms with van der Waals surface area (Å²) in [5.74, 6) is -0.997. The maximum absolute atomic E-state index is 10.4.